The molecule has 0 saturated heterocycles. The van der Waals surface area contributed by atoms with Crippen LogP contribution in [0, 0.1) is 5.41 Å². The van der Waals surface area contributed by atoms with E-state index < -0.39 is 0 Å². The molecule has 2 rings (SSSR count). The number of hydrogen-bond acceptors (Lipinski definition) is 2. The van der Waals surface area contributed by atoms with Crippen molar-refractivity contribution < 1.29 is 0 Å². The lowest BCUT2D eigenvalue weighted by Gasteiger charge is -2.38. The van der Waals surface area contributed by atoms with E-state index in [1.807, 2.05) is 0 Å². The zero-order valence-electron chi connectivity index (χ0n) is 14.1. The minimum absolute atomic E-state index is 0.495. The summed E-state index contributed by atoms with van der Waals surface area (Å²) in [6.07, 6.45) is 5.58. The molecule has 0 heterocycles. The highest BCUT2D eigenvalue weighted by atomic mass is 15.2. The van der Waals surface area contributed by atoms with Gasteiger partial charge in [-0.25, -0.2) is 0 Å². The van der Waals surface area contributed by atoms with Crippen molar-refractivity contribution in [2.75, 3.05) is 19.6 Å². The van der Waals surface area contributed by atoms with E-state index in [0.717, 1.165) is 13.1 Å². The molecule has 0 amide bonds. The molecule has 1 fully saturated rings. The zero-order chi connectivity index (χ0) is 15.1. The maximum absolute atomic E-state index is 3.61. The van der Waals surface area contributed by atoms with Gasteiger partial charge in [-0.1, -0.05) is 50.1 Å². The Morgan fingerprint density at radius 3 is 2.38 bits per heavy atom. The van der Waals surface area contributed by atoms with Gasteiger partial charge in [0, 0.05) is 25.7 Å². The normalized spacial score (nSPS) is 17.8. The number of hydrogen-bond donors (Lipinski definition) is 1. The molecule has 118 valence electrons. The van der Waals surface area contributed by atoms with E-state index in [9.17, 15) is 0 Å². The molecule has 0 aliphatic heterocycles. The molecule has 2 heteroatoms. The van der Waals surface area contributed by atoms with E-state index in [2.05, 4.69) is 61.3 Å². The van der Waals surface area contributed by atoms with Gasteiger partial charge in [0.1, 0.15) is 0 Å². The predicted octanol–water partition coefficient (Wildman–Crippen LogP) is 4.07. The van der Waals surface area contributed by atoms with Gasteiger partial charge in [0.05, 0.1) is 0 Å². The van der Waals surface area contributed by atoms with Gasteiger partial charge in [0.2, 0.25) is 0 Å². The van der Waals surface area contributed by atoms with Crippen molar-refractivity contribution in [3.8, 4) is 0 Å². The minimum Gasteiger partial charge on any atom is -0.316 e. The first-order chi connectivity index (χ1) is 10.2. The number of benzene rings is 1. The van der Waals surface area contributed by atoms with Gasteiger partial charge in [0.25, 0.3) is 0 Å². The lowest BCUT2D eigenvalue weighted by molar-refractivity contribution is 0.115. The average molecular weight is 288 g/mol. The maximum Gasteiger partial charge on any atom is 0.0236 e. The fourth-order valence-corrected chi connectivity index (χ4v) is 3.58. The van der Waals surface area contributed by atoms with E-state index in [4.69, 9.17) is 0 Å². The molecule has 21 heavy (non-hydrogen) atoms. The lowest BCUT2D eigenvalue weighted by Crippen LogP contribution is -2.44. The average Bonchev–Trinajstić information content (AvgIpc) is 2.94. The molecule has 0 aromatic heterocycles. The molecule has 0 unspecified atom stereocenters. The second kappa shape index (κ2) is 7.95. The second-order valence-electron chi connectivity index (χ2n) is 6.97. The number of rotatable bonds is 8. The van der Waals surface area contributed by atoms with Crippen LogP contribution in [0.2, 0.25) is 0 Å². The van der Waals surface area contributed by atoms with Crippen LogP contribution in [0.25, 0.3) is 0 Å². The van der Waals surface area contributed by atoms with Crippen LogP contribution < -0.4 is 5.32 Å². The summed E-state index contributed by atoms with van der Waals surface area (Å²) in [4.78, 5) is 2.66. The van der Waals surface area contributed by atoms with Crippen molar-refractivity contribution in [2.45, 2.75) is 59.0 Å². The fourth-order valence-electron chi connectivity index (χ4n) is 3.58. The Morgan fingerprint density at radius 2 is 1.81 bits per heavy atom. The van der Waals surface area contributed by atoms with Crippen molar-refractivity contribution in [3.05, 3.63) is 35.9 Å². The molecule has 1 saturated carbocycles. The molecule has 0 bridgehead atoms. The van der Waals surface area contributed by atoms with E-state index in [1.54, 1.807) is 0 Å². The second-order valence-corrected chi connectivity index (χ2v) is 6.97. The van der Waals surface area contributed by atoms with E-state index in [1.165, 1.54) is 44.3 Å². The number of nitrogens with one attached hydrogen (secondary N) is 1. The van der Waals surface area contributed by atoms with Gasteiger partial charge in [-0.15, -0.1) is 0 Å². The Balaban J connectivity index is 2.03. The SMILES string of the molecule is CCNCC1(CN(Cc2ccccc2)C(C)C)CCCC1. The van der Waals surface area contributed by atoms with Crippen LogP contribution in [0.3, 0.4) is 0 Å². The first-order valence-electron chi connectivity index (χ1n) is 8.64. The summed E-state index contributed by atoms with van der Waals surface area (Å²) in [5.41, 5.74) is 1.93. The molecule has 0 atom stereocenters. The minimum atomic E-state index is 0.495. The highest BCUT2D eigenvalue weighted by Crippen LogP contribution is 2.39. The molecule has 1 aliphatic rings. The third-order valence-corrected chi connectivity index (χ3v) is 4.91. The Bertz CT molecular complexity index is 393. The first kappa shape index (κ1) is 16.5. The van der Waals surface area contributed by atoms with Gasteiger partial charge in [0.15, 0.2) is 0 Å². The van der Waals surface area contributed by atoms with Crippen molar-refractivity contribution in [3.63, 3.8) is 0 Å². The van der Waals surface area contributed by atoms with E-state index >= 15 is 0 Å². The van der Waals surface area contributed by atoms with Crippen molar-refractivity contribution in [1.82, 2.24) is 10.2 Å². The van der Waals surface area contributed by atoms with E-state index in [0.29, 0.717) is 11.5 Å². The summed E-state index contributed by atoms with van der Waals surface area (Å²) < 4.78 is 0. The lowest BCUT2D eigenvalue weighted by atomic mass is 9.84. The van der Waals surface area contributed by atoms with Gasteiger partial charge < -0.3 is 5.32 Å². The third kappa shape index (κ3) is 4.82. The summed E-state index contributed by atoms with van der Waals surface area (Å²) in [7, 11) is 0. The molecule has 0 spiro atoms. The maximum atomic E-state index is 3.61. The molecule has 1 aromatic carbocycles. The Morgan fingerprint density at radius 1 is 1.14 bits per heavy atom. The van der Waals surface area contributed by atoms with Crippen molar-refractivity contribution in [2.24, 2.45) is 5.41 Å². The van der Waals surface area contributed by atoms with Gasteiger partial charge in [-0.3, -0.25) is 4.90 Å². The van der Waals surface area contributed by atoms with Crippen LogP contribution >= 0.6 is 0 Å². The zero-order valence-corrected chi connectivity index (χ0v) is 14.1. The van der Waals surface area contributed by atoms with Crippen LogP contribution in [0.15, 0.2) is 30.3 Å². The Kier molecular flexibility index (Phi) is 6.25. The van der Waals surface area contributed by atoms with Crippen molar-refractivity contribution in [1.29, 1.82) is 0 Å². The van der Waals surface area contributed by atoms with Gasteiger partial charge >= 0.3 is 0 Å². The predicted molar refractivity (Wildman–Crippen MR) is 91.4 cm³/mol. The van der Waals surface area contributed by atoms with E-state index in [-0.39, 0.29) is 0 Å². The van der Waals surface area contributed by atoms with Crippen LogP contribution in [0.1, 0.15) is 52.0 Å². The molecule has 2 nitrogen and oxygen atoms in total. The summed E-state index contributed by atoms with van der Waals surface area (Å²) in [6, 6.07) is 11.5. The summed E-state index contributed by atoms with van der Waals surface area (Å²) >= 11 is 0. The molecular formula is C19H32N2. The van der Waals surface area contributed by atoms with Gasteiger partial charge in [-0.2, -0.15) is 0 Å². The Labute approximate surface area is 130 Å². The smallest absolute Gasteiger partial charge is 0.0236 e. The van der Waals surface area contributed by atoms with Crippen LogP contribution in [-0.2, 0) is 6.54 Å². The molecule has 0 radical (unpaired) electrons. The standard InChI is InChI=1S/C19H32N2/c1-4-20-15-19(12-8-9-13-19)16-21(17(2)3)14-18-10-6-5-7-11-18/h5-7,10-11,17,20H,4,8-9,12-16H2,1-3H3. The largest absolute Gasteiger partial charge is 0.316 e. The quantitative estimate of drug-likeness (QED) is 0.776. The molecular weight excluding hydrogens is 256 g/mol. The van der Waals surface area contributed by atoms with Crippen LogP contribution in [-0.4, -0.2) is 30.6 Å². The van der Waals surface area contributed by atoms with Gasteiger partial charge in [-0.05, 0) is 44.2 Å². The molecule has 1 aliphatic carbocycles. The molecule has 1 aromatic rings. The summed E-state index contributed by atoms with van der Waals surface area (Å²) in [5.74, 6) is 0. The molecule has 1 N–H and O–H groups in total. The topological polar surface area (TPSA) is 15.3 Å². The summed E-state index contributed by atoms with van der Waals surface area (Å²) in [5, 5.41) is 3.61. The number of nitrogens with zero attached hydrogens (tertiary/aromatic N) is 1. The van der Waals surface area contributed by atoms with Crippen molar-refractivity contribution >= 4 is 0 Å². The third-order valence-electron chi connectivity index (χ3n) is 4.91. The highest BCUT2D eigenvalue weighted by molar-refractivity contribution is 5.14. The summed E-state index contributed by atoms with van der Waals surface area (Å²) in [6.45, 7) is 11.5. The van der Waals surface area contributed by atoms with Crippen LogP contribution in [0.5, 0.6) is 0 Å². The monoisotopic (exact) mass is 288 g/mol. The highest BCUT2D eigenvalue weighted by Gasteiger charge is 2.35. The fraction of sp³-hybridized carbons (Fsp3) is 0.684. The first-order valence-corrected chi connectivity index (χ1v) is 8.64. The Hall–Kier alpha value is -0.860. The van der Waals surface area contributed by atoms with Crippen LogP contribution in [0.4, 0.5) is 0 Å².